The topological polar surface area (TPSA) is 72.2 Å². The first-order chi connectivity index (χ1) is 9.30. The van der Waals surface area contributed by atoms with E-state index in [1.807, 2.05) is 6.26 Å². The van der Waals surface area contributed by atoms with Gasteiger partial charge < -0.3 is 5.73 Å². The van der Waals surface area contributed by atoms with Crippen molar-refractivity contribution in [2.24, 2.45) is 0 Å². The summed E-state index contributed by atoms with van der Waals surface area (Å²) in [6, 6.07) is 4.83. The fourth-order valence-corrected chi connectivity index (χ4v) is 4.59. The van der Waals surface area contributed by atoms with Crippen molar-refractivity contribution in [1.29, 1.82) is 0 Å². The van der Waals surface area contributed by atoms with E-state index in [0.717, 1.165) is 12.8 Å². The lowest BCUT2D eigenvalue weighted by Crippen LogP contribution is -2.39. The number of halogens is 1. The molecule has 0 heterocycles. The molecule has 0 unspecified atom stereocenters. The molecular weight excluding hydrogens is 360 g/mol. The standard InChI is InChI=1S/C13H21BrN2O2S2/c1-4-13(5-2,19-3)9-16-20(17,18)12-8-10(14)6-7-11(12)15/h6-8,16H,4-5,9,15H2,1-3H3. The van der Waals surface area contributed by atoms with Crippen molar-refractivity contribution >= 4 is 43.4 Å². The summed E-state index contributed by atoms with van der Waals surface area (Å²) in [5.74, 6) is 0. The predicted molar refractivity (Wildman–Crippen MR) is 90.6 cm³/mol. The molecule has 7 heteroatoms. The molecule has 0 radical (unpaired) electrons. The molecule has 0 fully saturated rings. The Bertz CT molecular complexity index is 549. The van der Waals surface area contributed by atoms with E-state index in [2.05, 4.69) is 34.5 Å². The second-order valence-electron chi connectivity index (χ2n) is 4.60. The molecular formula is C13H21BrN2O2S2. The molecule has 0 aliphatic rings. The van der Waals surface area contributed by atoms with Crippen LogP contribution in [0.3, 0.4) is 0 Å². The Kier molecular flexibility index (Phi) is 6.37. The zero-order valence-corrected chi connectivity index (χ0v) is 15.2. The highest BCUT2D eigenvalue weighted by molar-refractivity contribution is 9.10. The van der Waals surface area contributed by atoms with E-state index in [4.69, 9.17) is 5.73 Å². The molecule has 0 saturated heterocycles. The van der Waals surface area contributed by atoms with Gasteiger partial charge in [-0.1, -0.05) is 29.8 Å². The van der Waals surface area contributed by atoms with Crippen molar-refractivity contribution in [3.8, 4) is 0 Å². The third kappa shape index (κ3) is 4.13. The average Bonchev–Trinajstić information content (AvgIpc) is 2.43. The maximum absolute atomic E-state index is 12.4. The second-order valence-corrected chi connectivity index (χ2v) is 8.53. The van der Waals surface area contributed by atoms with Crippen LogP contribution in [0.25, 0.3) is 0 Å². The highest BCUT2D eigenvalue weighted by atomic mass is 79.9. The van der Waals surface area contributed by atoms with Gasteiger partial charge >= 0.3 is 0 Å². The summed E-state index contributed by atoms with van der Waals surface area (Å²) < 4.78 is 28.1. The van der Waals surface area contributed by atoms with Gasteiger partial charge in [0, 0.05) is 15.8 Å². The summed E-state index contributed by atoms with van der Waals surface area (Å²) in [6.07, 6.45) is 3.82. The van der Waals surface area contributed by atoms with E-state index in [1.165, 1.54) is 6.07 Å². The Morgan fingerprint density at radius 3 is 2.45 bits per heavy atom. The second kappa shape index (κ2) is 7.15. The van der Waals surface area contributed by atoms with Gasteiger partial charge in [0.1, 0.15) is 4.90 Å². The van der Waals surface area contributed by atoms with Gasteiger partial charge in [-0.25, -0.2) is 13.1 Å². The molecule has 4 nitrogen and oxygen atoms in total. The minimum Gasteiger partial charge on any atom is -0.398 e. The smallest absolute Gasteiger partial charge is 0.242 e. The van der Waals surface area contributed by atoms with Gasteiger partial charge in [-0.3, -0.25) is 0 Å². The van der Waals surface area contributed by atoms with Gasteiger partial charge in [0.05, 0.1) is 5.69 Å². The van der Waals surface area contributed by atoms with Crippen LogP contribution in [-0.4, -0.2) is 26.0 Å². The van der Waals surface area contributed by atoms with E-state index >= 15 is 0 Å². The third-order valence-corrected chi connectivity index (χ3v) is 7.11. The van der Waals surface area contributed by atoms with Crippen LogP contribution >= 0.6 is 27.7 Å². The predicted octanol–water partition coefficient (Wildman–Crippen LogP) is 3.23. The number of nitrogens with one attached hydrogen (secondary N) is 1. The highest BCUT2D eigenvalue weighted by Gasteiger charge is 2.28. The van der Waals surface area contributed by atoms with Gasteiger partial charge in [-0.15, -0.1) is 0 Å². The molecule has 0 spiro atoms. The monoisotopic (exact) mass is 380 g/mol. The number of benzene rings is 1. The molecule has 20 heavy (non-hydrogen) atoms. The highest BCUT2D eigenvalue weighted by Crippen LogP contribution is 2.30. The van der Waals surface area contributed by atoms with Crippen molar-refractivity contribution in [2.75, 3.05) is 18.5 Å². The molecule has 0 bridgehead atoms. The Labute approximate surface area is 134 Å². The van der Waals surface area contributed by atoms with Gasteiger partial charge in [0.15, 0.2) is 0 Å². The molecule has 114 valence electrons. The van der Waals surface area contributed by atoms with E-state index in [1.54, 1.807) is 23.9 Å². The first kappa shape index (κ1) is 17.8. The van der Waals surface area contributed by atoms with E-state index in [9.17, 15) is 8.42 Å². The lowest BCUT2D eigenvalue weighted by atomic mass is 10.0. The van der Waals surface area contributed by atoms with E-state index in [-0.39, 0.29) is 15.3 Å². The number of nitrogens with two attached hydrogens (primary N) is 1. The van der Waals surface area contributed by atoms with Crippen molar-refractivity contribution < 1.29 is 8.42 Å². The van der Waals surface area contributed by atoms with Crippen LogP contribution in [0.1, 0.15) is 26.7 Å². The Hall–Kier alpha value is -0.240. The fraction of sp³-hybridized carbons (Fsp3) is 0.538. The van der Waals surface area contributed by atoms with Crippen molar-refractivity contribution in [3.63, 3.8) is 0 Å². The van der Waals surface area contributed by atoms with E-state index < -0.39 is 10.0 Å². The summed E-state index contributed by atoms with van der Waals surface area (Å²) in [4.78, 5) is 0.120. The summed E-state index contributed by atoms with van der Waals surface area (Å²) in [7, 11) is -3.60. The van der Waals surface area contributed by atoms with Crippen LogP contribution in [-0.2, 0) is 10.0 Å². The minimum absolute atomic E-state index is 0.0756. The number of anilines is 1. The maximum Gasteiger partial charge on any atom is 0.242 e. The number of thioether (sulfide) groups is 1. The number of nitrogen functional groups attached to an aromatic ring is 1. The fourth-order valence-electron chi connectivity index (χ4n) is 1.91. The molecule has 3 N–H and O–H groups in total. The van der Waals surface area contributed by atoms with Crippen LogP contribution < -0.4 is 10.5 Å². The van der Waals surface area contributed by atoms with Gasteiger partial charge in [-0.2, -0.15) is 11.8 Å². The SMILES string of the molecule is CCC(CC)(CNS(=O)(=O)c1cc(Br)ccc1N)SC. The van der Waals surface area contributed by atoms with Crippen LogP contribution in [0.15, 0.2) is 27.6 Å². The molecule has 1 aromatic rings. The largest absolute Gasteiger partial charge is 0.398 e. The lowest BCUT2D eigenvalue weighted by Gasteiger charge is -2.29. The Morgan fingerprint density at radius 2 is 1.95 bits per heavy atom. The molecule has 1 rings (SSSR count). The molecule has 1 aromatic carbocycles. The normalized spacial score (nSPS) is 12.6. The first-order valence-electron chi connectivity index (χ1n) is 6.40. The lowest BCUT2D eigenvalue weighted by molar-refractivity contribution is 0.522. The van der Waals surface area contributed by atoms with Crippen molar-refractivity contribution in [1.82, 2.24) is 4.72 Å². The molecule has 0 aromatic heterocycles. The number of rotatable bonds is 7. The molecule has 0 saturated carbocycles. The maximum atomic E-state index is 12.4. The summed E-state index contributed by atoms with van der Waals surface area (Å²) in [6.45, 7) is 4.54. The zero-order chi connectivity index (χ0) is 15.4. The summed E-state index contributed by atoms with van der Waals surface area (Å²) in [5.41, 5.74) is 6.02. The molecule has 0 aliphatic carbocycles. The van der Waals surface area contributed by atoms with Crippen LogP contribution in [0.5, 0.6) is 0 Å². The molecule has 0 amide bonds. The Balaban J connectivity index is 2.98. The summed E-state index contributed by atoms with van der Waals surface area (Å²) in [5, 5.41) is 0. The first-order valence-corrected chi connectivity index (χ1v) is 9.90. The van der Waals surface area contributed by atoms with Crippen LogP contribution in [0.2, 0.25) is 0 Å². The number of hydrogen-bond donors (Lipinski definition) is 2. The van der Waals surface area contributed by atoms with Crippen LogP contribution in [0.4, 0.5) is 5.69 Å². The van der Waals surface area contributed by atoms with Crippen molar-refractivity contribution in [3.05, 3.63) is 22.7 Å². The zero-order valence-electron chi connectivity index (χ0n) is 11.9. The van der Waals surface area contributed by atoms with E-state index in [0.29, 0.717) is 11.0 Å². The summed E-state index contributed by atoms with van der Waals surface area (Å²) >= 11 is 4.96. The number of hydrogen-bond acceptors (Lipinski definition) is 4. The van der Waals surface area contributed by atoms with Crippen LogP contribution in [0, 0.1) is 0 Å². The minimum atomic E-state index is -3.60. The average molecular weight is 381 g/mol. The molecule has 0 atom stereocenters. The van der Waals surface area contributed by atoms with Gasteiger partial charge in [0.2, 0.25) is 10.0 Å². The Morgan fingerprint density at radius 1 is 1.35 bits per heavy atom. The van der Waals surface area contributed by atoms with Crippen molar-refractivity contribution in [2.45, 2.75) is 36.3 Å². The molecule has 0 aliphatic heterocycles. The van der Waals surface area contributed by atoms with Gasteiger partial charge in [-0.05, 0) is 37.3 Å². The quantitative estimate of drug-likeness (QED) is 0.712. The van der Waals surface area contributed by atoms with Gasteiger partial charge in [0.25, 0.3) is 0 Å². The third-order valence-electron chi connectivity index (χ3n) is 3.57. The number of sulfonamides is 1.